The van der Waals surface area contributed by atoms with Crippen molar-refractivity contribution in [3.8, 4) is 11.5 Å². The third-order valence-corrected chi connectivity index (χ3v) is 4.70. The number of aryl methyl sites for hydroxylation is 2. The summed E-state index contributed by atoms with van der Waals surface area (Å²) in [7, 11) is 1.57. The highest BCUT2D eigenvalue weighted by atomic mass is 79.9. The predicted molar refractivity (Wildman–Crippen MR) is 92.3 cm³/mol. The Morgan fingerprint density at radius 1 is 0.958 bits per heavy atom. The van der Waals surface area contributed by atoms with Gasteiger partial charge in [-0.1, -0.05) is 18.2 Å². The highest BCUT2D eigenvalue weighted by Crippen LogP contribution is 2.38. The summed E-state index contributed by atoms with van der Waals surface area (Å²) in [5.74, 6) is 0.703. The number of hydrogen-bond acceptors (Lipinski definition) is 2. The van der Waals surface area contributed by atoms with Crippen molar-refractivity contribution in [3.05, 3.63) is 59.9 Å². The lowest BCUT2D eigenvalue weighted by atomic mass is 9.99. The van der Waals surface area contributed by atoms with E-state index in [-0.39, 0.29) is 22.7 Å². The molecule has 2 aromatic carbocycles. The lowest BCUT2D eigenvalue weighted by Crippen LogP contribution is -3.00. The third-order valence-electron chi connectivity index (χ3n) is 4.70. The summed E-state index contributed by atoms with van der Waals surface area (Å²) in [4.78, 5) is 0. The molecule has 0 radical (unpaired) electrons. The highest BCUT2D eigenvalue weighted by Gasteiger charge is 2.22. The molecule has 4 aromatic rings. The van der Waals surface area contributed by atoms with Gasteiger partial charge < -0.3 is 26.8 Å². The average molecular weight is 384 g/mol. The first-order chi connectivity index (χ1) is 11.1. The Morgan fingerprint density at radius 3 is 2.46 bits per heavy atom. The smallest absolute Gasteiger partial charge is 0.222 e. The number of rotatable bonds is 1. The number of benzene rings is 2. The van der Waals surface area contributed by atoms with Gasteiger partial charge in [0.05, 0.1) is 17.9 Å². The number of phenols is 1. The number of aromatic hydroxyl groups is 1. The Balaban J connectivity index is 0.00000169. The average Bonchev–Trinajstić information content (AvgIpc) is 2.58. The van der Waals surface area contributed by atoms with Crippen LogP contribution in [0.4, 0.5) is 0 Å². The molecule has 4 heteroatoms. The van der Waals surface area contributed by atoms with Gasteiger partial charge in [-0.3, -0.25) is 0 Å². The SMILES string of the molecule is COc1ccc2c(C)c3c4ccccc4cc[n+]3c(C)c2c1O.[Br-]. The molecular formula is C20H18BrNO2. The first kappa shape index (κ1) is 16.5. The summed E-state index contributed by atoms with van der Waals surface area (Å²) < 4.78 is 7.42. The number of aromatic nitrogens is 1. The Morgan fingerprint density at radius 2 is 1.71 bits per heavy atom. The predicted octanol–water partition coefficient (Wildman–Crippen LogP) is 1.07. The van der Waals surface area contributed by atoms with E-state index in [1.54, 1.807) is 7.11 Å². The molecule has 0 spiro atoms. The quantitative estimate of drug-likeness (QED) is 0.303. The summed E-state index contributed by atoms with van der Waals surface area (Å²) >= 11 is 0. The minimum Gasteiger partial charge on any atom is -1.00 e. The maximum Gasteiger partial charge on any atom is 0.222 e. The van der Waals surface area contributed by atoms with Crippen LogP contribution < -0.4 is 26.1 Å². The van der Waals surface area contributed by atoms with Gasteiger partial charge >= 0.3 is 0 Å². The van der Waals surface area contributed by atoms with E-state index in [1.165, 1.54) is 16.3 Å². The third kappa shape index (κ3) is 2.13. The second-order valence-electron chi connectivity index (χ2n) is 5.87. The van der Waals surface area contributed by atoms with E-state index >= 15 is 0 Å². The number of pyridine rings is 2. The van der Waals surface area contributed by atoms with E-state index in [9.17, 15) is 5.11 Å². The molecule has 0 bridgehead atoms. The molecule has 0 saturated heterocycles. The molecule has 0 fully saturated rings. The summed E-state index contributed by atoms with van der Waals surface area (Å²) in [6.07, 6.45) is 2.07. The molecule has 4 rings (SSSR count). The monoisotopic (exact) mass is 383 g/mol. The van der Waals surface area contributed by atoms with E-state index in [0.717, 1.165) is 22.0 Å². The van der Waals surface area contributed by atoms with Gasteiger partial charge in [-0.05, 0) is 30.5 Å². The van der Waals surface area contributed by atoms with Crippen molar-refractivity contribution in [2.24, 2.45) is 0 Å². The molecule has 0 aliphatic heterocycles. The van der Waals surface area contributed by atoms with Crippen LogP contribution in [0.25, 0.3) is 27.1 Å². The van der Waals surface area contributed by atoms with Gasteiger partial charge in [0.2, 0.25) is 5.52 Å². The van der Waals surface area contributed by atoms with E-state index in [4.69, 9.17) is 4.74 Å². The fraction of sp³-hybridized carbons (Fsp3) is 0.150. The van der Waals surface area contributed by atoms with E-state index in [0.29, 0.717) is 5.75 Å². The molecule has 24 heavy (non-hydrogen) atoms. The number of methoxy groups -OCH3 is 1. The molecule has 0 saturated carbocycles. The fourth-order valence-electron chi connectivity index (χ4n) is 3.54. The van der Waals surface area contributed by atoms with Crippen LogP contribution in [0.15, 0.2) is 48.7 Å². The topological polar surface area (TPSA) is 33.6 Å². The van der Waals surface area contributed by atoms with Crippen molar-refractivity contribution in [2.45, 2.75) is 13.8 Å². The summed E-state index contributed by atoms with van der Waals surface area (Å²) in [5, 5.41) is 14.9. The van der Waals surface area contributed by atoms with E-state index < -0.39 is 0 Å². The molecule has 2 aromatic heterocycles. The van der Waals surface area contributed by atoms with Gasteiger partial charge in [-0.15, -0.1) is 0 Å². The Bertz CT molecular complexity index is 1090. The number of fused-ring (bicyclic) bond motifs is 4. The Kier molecular flexibility index (Phi) is 4.10. The number of phenolic OH excluding ortho intramolecular Hbond substituents is 1. The first-order valence-electron chi connectivity index (χ1n) is 7.65. The van der Waals surface area contributed by atoms with Crippen LogP contribution in [-0.4, -0.2) is 12.2 Å². The van der Waals surface area contributed by atoms with Gasteiger partial charge in [0.15, 0.2) is 23.4 Å². The summed E-state index contributed by atoms with van der Waals surface area (Å²) in [6, 6.07) is 14.3. The molecule has 2 heterocycles. The van der Waals surface area contributed by atoms with Crippen LogP contribution in [0, 0.1) is 13.8 Å². The summed E-state index contributed by atoms with van der Waals surface area (Å²) in [5.41, 5.74) is 3.33. The van der Waals surface area contributed by atoms with E-state index in [2.05, 4.69) is 47.9 Å². The van der Waals surface area contributed by atoms with Crippen LogP contribution >= 0.6 is 0 Å². The Hall–Kier alpha value is -2.33. The van der Waals surface area contributed by atoms with Crippen LogP contribution in [0.2, 0.25) is 0 Å². The molecule has 3 nitrogen and oxygen atoms in total. The van der Waals surface area contributed by atoms with Crippen molar-refractivity contribution in [1.29, 1.82) is 0 Å². The zero-order chi connectivity index (χ0) is 16.1. The minimum atomic E-state index is 0. The first-order valence-corrected chi connectivity index (χ1v) is 7.65. The van der Waals surface area contributed by atoms with Gasteiger partial charge in [0.1, 0.15) is 0 Å². The number of hydrogen-bond donors (Lipinski definition) is 1. The van der Waals surface area contributed by atoms with Gasteiger partial charge in [0.25, 0.3) is 0 Å². The van der Waals surface area contributed by atoms with Gasteiger partial charge in [0, 0.05) is 23.9 Å². The lowest BCUT2D eigenvalue weighted by molar-refractivity contribution is -0.517. The van der Waals surface area contributed by atoms with Crippen molar-refractivity contribution < 1.29 is 31.2 Å². The van der Waals surface area contributed by atoms with Gasteiger partial charge in [-0.2, -0.15) is 4.40 Å². The molecule has 1 N–H and O–H groups in total. The minimum absolute atomic E-state index is 0. The van der Waals surface area contributed by atoms with Crippen LogP contribution in [-0.2, 0) is 0 Å². The molecule has 0 aliphatic carbocycles. The second kappa shape index (κ2) is 5.95. The molecule has 122 valence electrons. The van der Waals surface area contributed by atoms with Crippen molar-refractivity contribution >= 4 is 27.1 Å². The fourth-order valence-corrected chi connectivity index (χ4v) is 3.54. The largest absolute Gasteiger partial charge is 1.00 e. The summed E-state index contributed by atoms with van der Waals surface area (Å²) in [6.45, 7) is 4.14. The van der Waals surface area contributed by atoms with Crippen LogP contribution in [0.1, 0.15) is 11.3 Å². The van der Waals surface area contributed by atoms with Crippen LogP contribution in [0.5, 0.6) is 11.5 Å². The maximum atomic E-state index is 10.6. The zero-order valence-electron chi connectivity index (χ0n) is 13.8. The molecule has 0 aliphatic rings. The zero-order valence-corrected chi connectivity index (χ0v) is 15.4. The number of halogens is 1. The van der Waals surface area contributed by atoms with Crippen molar-refractivity contribution in [3.63, 3.8) is 0 Å². The Labute approximate surface area is 150 Å². The molecule has 0 amide bonds. The lowest BCUT2D eigenvalue weighted by Gasteiger charge is -2.11. The molecular weight excluding hydrogens is 366 g/mol. The number of nitrogens with zero attached hydrogens (tertiary/aromatic N) is 1. The standard InChI is InChI=1S/C20H17NO2.BrH/c1-12-15-8-9-17(23-3)20(22)18(15)13(2)21-11-10-14-6-4-5-7-16(14)19(12)21;/h4-11H,1-3H3;1H. The molecule has 0 unspecified atom stereocenters. The molecule has 0 atom stereocenters. The van der Waals surface area contributed by atoms with E-state index in [1.807, 2.05) is 19.1 Å². The van der Waals surface area contributed by atoms with Gasteiger partial charge in [-0.25, -0.2) is 0 Å². The van der Waals surface area contributed by atoms with Crippen LogP contribution in [0.3, 0.4) is 0 Å². The van der Waals surface area contributed by atoms with Crippen molar-refractivity contribution in [2.75, 3.05) is 7.11 Å². The second-order valence-corrected chi connectivity index (χ2v) is 5.87. The number of ether oxygens (including phenoxy) is 1. The maximum absolute atomic E-state index is 10.6. The van der Waals surface area contributed by atoms with Crippen molar-refractivity contribution in [1.82, 2.24) is 0 Å². The highest BCUT2D eigenvalue weighted by molar-refractivity contribution is 6.02. The normalized spacial score (nSPS) is 11.0.